The maximum atomic E-state index is 12.2. The smallest absolute Gasteiger partial charge is 0.271 e. The molecule has 7 nitrogen and oxygen atoms in total. The first-order valence-corrected chi connectivity index (χ1v) is 8.63. The van der Waals surface area contributed by atoms with Crippen molar-refractivity contribution >= 4 is 5.91 Å². The molecule has 7 heteroatoms. The number of aryl methyl sites for hydroxylation is 1. The molecule has 0 aliphatic rings. The summed E-state index contributed by atoms with van der Waals surface area (Å²) in [6, 6.07) is 14.6. The van der Waals surface area contributed by atoms with Crippen LogP contribution in [0.5, 0.6) is 0 Å². The quantitative estimate of drug-likeness (QED) is 0.704. The van der Waals surface area contributed by atoms with Crippen molar-refractivity contribution in [2.45, 2.75) is 26.3 Å². The lowest BCUT2D eigenvalue weighted by Crippen LogP contribution is -2.30. The monoisotopic (exact) mass is 351 g/mol. The number of aromatic nitrogens is 4. The molecule has 0 radical (unpaired) electrons. The van der Waals surface area contributed by atoms with Gasteiger partial charge in [0.25, 0.3) is 11.5 Å². The molecule has 26 heavy (non-hydrogen) atoms. The molecule has 0 bridgehead atoms. The first-order chi connectivity index (χ1) is 12.7. The normalized spacial score (nSPS) is 10.7. The number of benzene rings is 1. The Morgan fingerprint density at radius 2 is 1.88 bits per heavy atom. The van der Waals surface area contributed by atoms with Crippen LogP contribution in [-0.2, 0) is 13.0 Å². The van der Waals surface area contributed by atoms with E-state index in [1.165, 1.54) is 16.8 Å². The topological polar surface area (TPSA) is 81.8 Å². The van der Waals surface area contributed by atoms with Crippen molar-refractivity contribution in [2.24, 2.45) is 0 Å². The van der Waals surface area contributed by atoms with Crippen molar-refractivity contribution < 1.29 is 4.79 Å². The van der Waals surface area contributed by atoms with Crippen molar-refractivity contribution in [1.82, 2.24) is 24.9 Å². The highest BCUT2D eigenvalue weighted by molar-refractivity contribution is 5.91. The lowest BCUT2D eigenvalue weighted by atomic mass is 10.3. The summed E-state index contributed by atoms with van der Waals surface area (Å²) in [5, 5.41) is 11.4. The molecule has 0 aliphatic carbocycles. The molecule has 1 aromatic carbocycles. The number of nitrogens with zero attached hydrogens (tertiary/aromatic N) is 4. The van der Waals surface area contributed by atoms with E-state index in [0.29, 0.717) is 19.5 Å². The lowest BCUT2D eigenvalue weighted by Gasteiger charge is -2.06. The second-order valence-electron chi connectivity index (χ2n) is 5.87. The van der Waals surface area contributed by atoms with Gasteiger partial charge in [-0.1, -0.05) is 25.1 Å². The molecule has 0 aliphatic heterocycles. The highest BCUT2D eigenvalue weighted by atomic mass is 16.2. The van der Waals surface area contributed by atoms with Gasteiger partial charge in [-0.15, -0.1) is 0 Å². The van der Waals surface area contributed by atoms with Gasteiger partial charge in [-0.2, -0.15) is 10.2 Å². The van der Waals surface area contributed by atoms with Gasteiger partial charge in [0.15, 0.2) is 0 Å². The van der Waals surface area contributed by atoms with E-state index in [9.17, 15) is 9.59 Å². The number of hydrogen-bond acceptors (Lipinski definition) is 4. The van der Waals surface area contributed by atoms with E-state index in [2.05, 4.69) is 15.5 Å². The van der Waals surface area contributed by atoms with Crippen LogP contribution >= 0.6 is 0 Å². The van der Waals surface area contributed by atoms with Crippen LogP contribution < -0.4 is 10.9 Å². The largest absolute Gasteiger partial charge is 0.350 e. The lowest BCUT2D eigenvalue weighted by molar-refractivity contribution is 0.0946. The second kappa shape index (κ2) is 8.24. The number of para-hydroxylation sites is 1. The minimum absolute atomic E-state index is 0.199. The summed E-state index contributed by atoms with van der Waals surface area (Å²) in [4.78, 5) is 23.9. The summed E-state index contributed by atoms with van der Waals surface area (Å²) in [5.74, 6) is -0.294. The number of rotatable bonds is 7. The number of hydrogen-bond donors (Lipinski definition) is 1. The number of amides is 1. The van der Waals surface area contributed by atoms with Crippen molar-refractivity contribution in [1.29, 1.82) is 0 Å². The Hall–Kier alpha value is -3.22. The highest BCUT2D eigenvalue weighted by Gasteiger charge is 2.09. The van der Waals surface area contributed by atoms with Crippen LogP contribution in [0.15, 0.2) is 59.5 Å². The van der Waals surface area contributed by atoms with E-state index in [0.717, 1.165) is 17.8 Å². The van der Waals surface area contributed by atoms with Crippen LogP contribution in [0.3, 0.4) is 0 Å². The zero-order chi connectivity index (χ0) is 18.4. The van der Waals surface area contributed by atoms with Crippen LogP contribution in [0.4, 0.5) is 0 Å². The third kappa shape index (κ3) is 4.24. The molecule has 0 saturated carbocycles. The minimum Gasteiger partial charge on any atom is -0.350 e. The van der Waals surface area contributed by atoms with E-state index in [4.69, 9.17) is 0 Å². The zero-order valence-corrected chi connectivity index (χ0v) is 14.6. The fourth-order valence-corrected chi connectivity index (χ4v) is 2.56. The van der Waals surface area contributed by atoms with Crippen LogP contribution in [0.25, 0.3) is 5.69 Å². The average Bonchev–Trinajstić information content (AvgIpc) is 3.13. The number of carbonyl (C=O) groups excluding carboxylic acids is 1. The van der Waals surface area contributed by atoms with Gasteiger partial charge in [-0.3, -0.25) is 9.59 Å². The van der Waals surface area contributed by atoms with E-state index in [1.54, 1.807) is 4.68 Å². The standard InChI is InChI=1S/C19H21N5O2/c1-2-13-24-18(25)9-8-17(22-24)19(26)20-12-10-15-11-14-23(21-15)16-6-4-3-5-7-16/h3-9,11,14H,2,10,12-13H2,1H3,(H,20,26). The summed E-state index contributed by atoms with van der Waals surface area (Å²) < 4.78 is 3.12. The summed E-state index contributed by atoms with van der Waals surface area (Å²) in [5.41, 5.74) is 1.92. The SMILES string of the molecule is CCCn1nc(C(=O)NCCc2ccn(-c3ccccc3)n2)ccc1=O. The molecule has 2 aromatic heterocycles. The fourth-order valence-electron chi connectivity index (χ4n) is 2.56. The van der Waals surface area contributed by atoms with Gasteiger partial charge in [0.05, 0.1) is 11.4 Å². The Bertz CT molecular complexity index is 930. The zero-order valence-electron chi connectivity index (χ0n) is 14.6. The van der Waals surface area contributed by atoms with Crippen LogP contribution in [0.2, 0.25) is 0 Å². The van der Waals surface area contributed by atoms with Gasteiger partial charge in [-0.25, -0.2) is 9.36 Å². The molecule has 134 valence electrons. The van der Waals surface area contributed by atoms with Crippen molar-refractivity contribution in [3.63, 3.8) is 0 Å². The molecule has 3 aromatic rings. The van der Waals surface area contributed by atoms with Gasteiger partial charge < -0.3 is 5.32 Å². The first-order valence-electron chi connectivity index (χ1n) is 8.63. The Labute approximate surface area is 151 Å². The Morgan fingerprint density at radius 1 is 1.08 bits per heavy atom. The third-order valence-corrected chi connectivity index (χ3v) is 3.87. The molecule has 0 saturated heterocycles. The van der Waals surface area contributed by atoms with Crippen molar-refractivity contribution in [3.8, 4) is 5.69 Å². The van der Waals surface area contributed by atoms with Crippen molar-refractivity contribution in [2.75, 3.05) is 6.54 Å². The summed E-state index contributed by atoms with van der Waals surface area (Å²) in [6.45, 7) is 2.89. The van der Waals surface area contributed by atoms with Gasteiger partial charge >= 0.3 is 0 Å². The maximum Gasteiger partial charge on any atom is 0.271 e. The van der Waals surface area contributed by atoms with Crippen LogP contribution in [0.1, 0.15) is 29.5 Å². The Balaban J connectivity index is 1.57. The summed E-state index contributed by atoms with van der Waals surface area (Å²) in [6.07, 6.45) is 3.29. The first kappa shape index (κ1) is 17.6. The van der Waals surface area contributed by atoms with Crippen molar-refractivity contribution in [3.05, 3.63) is 76.5 Å². The van der Waals surface area contributed by atoms with E-state index in [1.807, 2.05) is 49.5 Å². The second-order valence-corrected chi connectivity index (χ2v) is 5.87. The van der Waals surface area contributed by atoms with E-state index in [-0.39, 0.29) is 17.2 Å². The Morgan fingerprint density at radius 3 is 2.65 bits per heavy atom. The predicted molar refractivity (Wildman–Crippen MR) is 98.4 cm³/mol. The van der Waals surface area contributed by atoms with Gasteiger partial charge in [-0.05, 0) is 30.7 Å². The van der Waals surface area contributed by atoms with Gasteiger partial charge in [0.2, 0.25) is 0 Å². The van der Waals surface area contributed by atoms with Crippen LogP contribution in [-0.4, -0.2) is 32.0 Å². The molecular weight excluding hydrogens is 330 g/mol. The highest BCUT2D eigenvalue weighted by Crippen LogP contribution is 2.07. The van der Waals surface area contributed by atoms with E-state index >= 15 is 0 Å². The maximum absolute atomic E-state index is 12.2. The molecule has 2 heterocycles. The third-order valence-electron chi connectivity index (χ3n) is 3.87. The Kier molecular flexibility index (Phi) is 5.58. The molecule has 0 spiro atoms. The molecule has 0 atom stereocenters. The summed E-state index contributed by atoms with van der Waals surface area (Å²) >= 11 is 0. The molecule has 1 N–H and O–H groups in total. The average molecular weight is 351 g/mol. The minimum atomic E-state index is -0.294. The van der Waals surface area contributed by atoms with Gasteiger partial charge in [0.1, 0.15) is 5.69 Å². The molecule has 1 amide bonds. The molecular formula is C19H21N5O2. The molecule has 0 fully saturated rings. The number of carbonyl (C=O) groups is 1. The van der Waals surface area contributed by atoms with Crippen LogP contribution in [0, 0.1) is 0 Å². The summed E-state index contributed by atoms with van der Waals surface area (Å²) in [7, 11) is 0. The number of nitrogens with one attached hydrogen (secondary N) is 1. The fraction of sp³-hybridized carbons (Fsp3) is 0.263. The molecule has 3 rings (SSSR count). The molecule has 0 unspecified atom stereocenters. The van der Waals surface area contributed by atoms with Gasteiger partial charge in [0, 0.05) is 31.8 Å². The predicted octanol–water partition coefficient (Wildman–Crippen LogP) is 1.81. The van der Waals surface area contributed by atoms with E-state index < -0.39 is 0 Å².